The second kappa shape index (κ2) is 7.79. The molecule has 0 spiro atoms. The zero-order valence-electron chi connectivity index (χ0n) is 12.3. The Morgan fingerprint density at radius 3 is 2.27 bits per heavy atom. The highest BCUT2D eigenvalue weighted by Gasteiger charge is 2.17. The van der Waals surface area contributed by atoms with Gasteiger partial charge in [0.2, 0.25) is 5.91 Å². The van der Waals surface area contributed by atoms with E-state index in [1.165, 1.54) is 23.9 Å². The van der Waals surface area contributed by atoms with Crippen LogP contribution < -0.4 is 5.32 Å². The maximum Gasteiger partial charge on any atom is 0.233 e. The molecular formula is C17H17BrFNOS. The van der Waals surface area contributed by atoms with Crippen LogP contribution in [0.3, 0.4) is 0 Å². The number of rotatable bonds is 5. The van der Waals surface area contributed by atoms with Crippen molar-refractivity contribution in [3.8, 4) is 0 Å². The Balaban J connectivity index is 1.93. The molecule has 2 aromatic rings. The highest BCUT2D eigenvalue weighted by Crippen LogP contribution is 2.25. The lowest BCUT2D eigenvalue weighted by Crippen LogP contribution is -2.33. The summed E-state index contributed by atoms with van der Waals surface area (Å²) in [4.78, 5) is 13.3. The van der Waals surface area contributed by atoms with E-state index in [0.29, 0.717) is 0 Å². The van der Waals surface area contributed by atoms with E-state index in [-0.39, 0.29) is 23.0 Å². The molecule has 116 valence electrons. The van der Waals surface area contributed by atoms with Crippen molar-refractivity contribution in [2.75, 3.05) is 0 Å². The first-order valence-corrected chi connectivity index (χ1v) is 8.61. The minimum absolute atomic E-state index is 0.0373. The summed E-state index contributed by atoms with van der Waals surface area (Å²) in [5, 5.41) is 2.75. The molecule has 22 heavy (non-hydrogen) atoms. The molecule has 0 aliphatic rings. The highest BCUT2D eigenvalue weighted by molar-refractivity contribution is 9.10. The van der Waals surface area contributed by atoms with Gasteiger partial charge in [0.25, 0.3) is 0 Å². The van der Waals surface area contributed by atoms with Crippen LogP contribution in [0.2, 0.25) is 0 Å². The summed E-state index contributed by atoms with van der Waals surface area (Å²) in [6.45, 7) is 3.77. The van der Waals surface area contributed by atoms with Crippen molar-refractivity contribution in [2.45, 2.75) is 30.0 Å². The van der Waals surface area contributed by atoms with Gasteiger partial charge in [0.1, 0.15) is 5.82 Å². The number of thioether (sulfide) groups is 1. The summed E-state index contributed by atoms with van der Waals surface area (Å²) in [5.74, 6) is -0.314. The van der Waals surface area contributed by atoms with Gasteiger partial charge in [-0.1, -0.05) is 28.1 Å². The molecule has 0 aromatic heterocycles. The number of hydrogen-bond donors (Lipinski definition) is 1. The van der Waals surface area contributed by atoms with E-state index in [1.54, 1.807) is 12.1 Å². The third kappa shape index (κ3) is 4.85. The average Bonchev–Trinajstić information content (AvgIpc) is 2.50. The molecule has 0 radical (unpaired) electrons. The predicted octanol–water partition coefficient (Wildman–Crippen LogP) is 4.95. The molecule has 2 aromatic carbocycles. The Kier molecular flexibility index (Phi) is 6.03. The third-order valence-electron chi connectivity index (χ3n) is 3.22. The van der Waals surface area contributed by atoms with Crippen molar-refractivity contribution in [1.29, 1.82) is 0 Å². The van der Waals surface area contributed by atoms with E-state index >= 15 is 0 Å². The summed E-state index contributed by atoms with van der Waals surface area (Å²) >= 11 is 4.90. The van der Waals surface area contributed by atoms with Gasteiger partial charge in [-0.05, 0) is 55.8 Å². The van der Waals surface area contributed by atoms with Crippen molar-refractivity contribution < 1.29 is 9.18 Å². The van der Waals surface area contributed by atoms with Crippen LogP contribution in [0.5, 0.6) is 0 Å². The molecule has 0 saturated carbocycles. The number of nitrogens with one attached hydrogen (secondary N) is 1. The monoisotopic (exact) mass is 381 g/mol. The lowest BCUT2D eigenvalue weighted by Gasteiger charge is -2.18. The molecule has 0 saturated heterocycles. The molecule has 0 aliphatic heterocycles. The average molecular weight is 382 g/mol. The SMILES string of the molecule is CC(Sc1ccc(Br)cc1)C(=O)NC(C)c1ccc(F)cc1. The quantitative estimate of drug-likeness (QED) is 0.742. The van der Waals surface area contributed by atoms with E-state index in [2.05, 4.69) is 21.2 Å². The lowest BCUT2D eigenvalue weighted by atomic mass is 10.1. The maximum atomic E-state index is 12.9. The van der Waals surface area contributed by atoms with E-state index in [4.69, 9.17) is 0 Å². The largest absolute Gasteiger partial charge is 0.349 e. The van der Waals surface area contributed by atoms with E-state index in [0.717, 1.165) is 14.9 Å². The second-order valence-electron chi connectivity index (χ2n) is 5.00. The first kappa shape index (κ1) is 17.0. The van der Waals surface area contributed by atoms with Gasteiger partial charge in [-0.25, -0.2) is 4.39 Å². The van der Waals surface area contributed by atoms with Gasteiger partial charge in [-0.2, -0.15) is 0 Å². The number of amides is 1. The molecule has 5 heteroatoms. The summed E-state index contributed by atoms with van der Waals surface area (Å²) in [7, 11) is 0. The Morgan fingerprint density at radius 1 is 1.09 bits per heavy atom. The molecule has 2 nitrogen and oxygen atoms in total. The van der Waals surface area contributed by atoms with Crippen LogP contribution in [0, 0.1) is 5.82 Å². The van der Waals surface area contributed by atoms with Gasteiger partial charge in [-0.15, -0.1) is 11.8 Å². The zero-order chi connectivity index (χ0) is 16.1. The number of carbonyl (C=O) groups excluding carboxylic acids is 1. The van der Waals surface area contributed by atoms with Crippen molar-refractivity contribution in [3.63, 3.8) is 0 Å². The van der Waals surface area contributed by atoms with Crippen molar-refractivity contribution in [2.24, 2.45) is 0 Å². The van der Waals surface area contributed by atoms with E-state index in [9.17, 15) is 9.18 Å². The van der Waals surface area contributed by atoms with Crippen LogP contribution in [0.4, 0.5) is 4.39 Å². The van der Waals surface area contributed by atoms with Crippen molar-refractivity contribution >= 4 is 33.6 Å². The van der Waals surface area contributed by atoms with Gasteiger partial charge in [-0.3, -0.25) is 4.79 Å². The summed E-state index contributed by atoms with van der Waals surface area (Å²) in [6, 6.07) is 13.9. The fourth-order valence-electron chi connectivity index (χ4n) is 1.94. The fourth-order valence-corrected chi connectivity index (χ4v) is 3.08. The normalized spacial score (nSPS) is 13.5. The Morgan fingerprint density at radius 2 is 1.68 bits per heavy atom. The minimum Gasteiger partial charge on any atom is -0.349 e. The summed E-state index contributed by atoms with van der Waals surface area (Å²) in [5.41, 5.74) is 0.885. The smallest absolute Gasteiger partial charge is 0.233 e. The fraction of sp³-hybridized carbons (Fsp3) is 0.235. The first-order chi connectivity index (χ1) is 10.5. The molecule has 2 unspecified atom stereocenters. The summed E-state index contributed by atoms with van der Waals surface area (Å²) < 4.78 is 13.9. The summed E-state index contributed by atoms with van der Waals surface area (Å²) in [6.07, 6.45) is 0. The van der Waals surface area contributed by atoms with Gasteiger partial charge in [0, 0.05) is 9.37 Å². The maximum absolute atomic E-state index is 12.9. The topological polar surface area (TPSA) is 29.1 Å². The van der Waals surface area contributed by atoms with Crippen molar-refractivity contribution in [3.05, 3.63) is 64.4 Å². The van der Waals surface area contributed by atoms with Crippen LogP contribution in [-0.2, 0) is 4.79 Å². The molecule has 2 rings (SSSR count). The third-order valence-corrected chi connectivity index (χ3v) is 4.87. The Labute approximate surface area is 142 Å². The van der Waals surface area contributed by atoms with Gasteiger partial charge < -0.3 is 5.32 Å². The first-order valence-electron chi connectivity index (χ1n) is 6.94. The molecular weight excluding hydrogens is 365 g/mol. The van der Waals surface area contributed by atoms with Crippen LogP contribution in [-0.4, -0.2) is 11.2 Å². The molecule has 1 amide bonds. The van der Waals surface area contributed by atoms with Gasteiger partial charge in [0.05, 0.1) is 11.3 Å². The molecule has 1 N–H and O–H groups in total. The van der Waals surface area contributed by atoms with E-state index in [1.807, 2.05) is 38.1 Å². The number of hydrogen-bond acceptors (Lipinski definition) is 2. The minimum atomic E-state index is -0.276. The van der Waals surface area contributed by atoms with Crippen LogP contribution in [0.1, 0.15) is 25.5 Å². The lowest BCUT2D eigenvalue weighted by molar-refractivity contribution is -0.120. The van der Waals surface area contributed by atoms with Crippen LogP contribution >= 0.6 is 27.7 Å². The number of carbonyl (C=O) groups is 1. The highest BCUT2D eigenvalue weighted by atomic mass is 79.9. The van der Waals surface area contributed by atoms with Crippen LogP contribution in [0.25, 0.3) is 0 Å². The molecule has 2 atom stereocenters. The van der Waals surface area contributed by atoms with Gasteiger partial charge in [0.15, 0.2) is 0 Å². The molecule has 0 fully saturated rings. The zero-order valence-corrected chi connectivity index (χ0v) is 14.7. The predicted molar refractivity (Wildman–Crippen MR) is 92.4 cm³/mol. The van der Waals surface area contributed by atoms with Crippen LogP contribution in [0.15, 0.2) is 57.9 Å². The van der Waals surface area contributed by atoms with E-state index < -0.39 is 0 Å². The molecule has 0 aliphatic carbocycles. The standard InChI is InChI=1S/C17H17BrFNOS/c1-11(13-3-7-15(19)8-4-13)20-17(21)12(2)22-16-9-5-14(18)6-10-16/h3-12H,1-2H3,(H,20,21). The number of halogens is 2. The Hall–Kier alpha value is -1.33. The van der Waals surface area contributed by atoms with Crippen molar-refractivity contribution in [1.82, 2.24) is 5.32 Å². The second-order valence-corrected chi connectivity index (χ2v) is 7.33. The Bertz CT molecular complexity index is 630. The molecule has 0 heterocycles. The van der Waals surface area contributed by atoms with Gasteiger partial charge >= 0.3 is 0 Å². The number of benzene rings is 2. The molecule has 0 bridgehead atoms.